The van der Waals surface area contributed by atoms with Crippen LogP contribution in [0.2, 0.25) is 0 Å². The molecule has 96 valence electrons. The van der Waals surface area contributed by atoms with Crippen LogP contribution in [-0.4, -0.2) is 49.2 Å². The van der Waals surface area contributed by atoms with Gasteiger partial charge in [0, 0.05) is 34.2 Å². The van der Waals surface area contributed by atoms with Crippen LogP contribution >= 0.6 is 0 Å². The molecule has 0 aromatic carbocycles. The first kappa shape index (κ1) is 13.5. The molecule has 0 unspecified atom stereocenters. The predicted molar refractivity (Wildman–Crippen MR) is 71.9 cm³/mol. The number of hydrogen-bond donors (Lipinski definition) is 1. The molecular formula is C11H22N6. The number of aromatic nitrogens is 3. The largest absolute Gasteiger partial charge is 0.357 e. The van der Waals surface area contributed by atoms with E-state index in [1.807, 2.05) is 26.0 Å². The molecule has 1 heterocycles. The van der Waals surface area contributed by atoms with Crippen molar-refractivity contribution in [1.82, 2.24) is 15.0 Å². The minimum atomic E-state index is 0.605. The molecule has 1 aromatic rings. The summed E-state index contributed by atoms with van der Waals surface area (Å²) in [6.07, 6.45) is 1.08. The van der Waals surface area contributed by atoms with Crippen LogP contribution in [-0.2, 0) is 0 Å². The van der Waals surface area contributed by atoms with Gasteiger partial charge in [0.25, 0.3) is 0 Å². The van der Waals surface area contributed by atoms with Crippen molar-refractivity contribution in [1.29, 1.82) is 0 Å². The van der Waals surface area contributed by atoms with Gasteiger partial charge in [0.05, 0.1) is 0 Å². The molecule has 1 rings (SSSR count). The summed E-state index contributed by atoms with van der Waals surface area (Å²) in [5.74, 6) is 2.01. The van der Waals surface area contributed by atoms with Crippen LogP contribution in [0.1, 0.15) is 20.3 Å². The molecule has 0 bridgehead atoms. The number of nitrogens with zero attached hydrogens (tertiary/aromatic N) is 5. The normalized spacial score (nSPS) is 10.2. The summed E-state index contributed by atoms with van der Waals surface area (Å²) in [6, 6.07) is 0. The Hall–Kier alpha value is -1.59. The smallest absolute Gasteiger partial charge is 0.231 e. The van der Waals surface area contributed by atoms with Gasteiger partial charge in [-0.05, 0) is 13.3 Å². The lowest BCUT2D eigenvalue weighted by atomic mass is 10.4. The lowest BCUT2D eigenvalue weighted by molar-refractivity contribution is 0.755. The van der Waals surface area contributed by atoms with Gasteiger partial charge in [0.2, 0.25) is 17.8 Å². The van der Waals surface area contributed by atoms with E-state index in [1.54, 1.807) is 0 Å². The molecule has 1 N–H and O–H groups in total. The monoisotopic (exact) mass is 238 g/mol. The lowest BCUT2D eigenvalue weighted by Gasteiger charge is -2.21. The molecule has 0 aliphatic carbocycles. The van der Waals surface area contributed by atoms with Crippen molar-refractivity contribution in [2.45, 2.75) is 20.3 Å². The van der Waals surface area contributed by atoms with Gasteiger partial charge in [0.15, 0.2) is 0 Å². The Labute approximate surface area is 103 Å². The highest BCUT2D eigenvalue weighted by molar-refractivity contribution is 5.44. The molecule has 0 aliphatic rings. The maximum absolute atomic E-state index is 4.46. The fraction of sp³-hybridized carbons (Fsp3) is 0.727. The summed E-state index contributed by atoms with van der Waals surface area (Å²) >= 11 is 0. The molecule has 0 radical (unpaired) electrons. The van der Waals surface area contributed by atoms with Crippen molar-refractivity contribution >= 4 is 17.8 Å². The fourth-order valence-corrected chi connectivity index (χ4v) is 1.48. The zero-order valence-electron chi connectivity index (χ0n) is 11.4. The maximum atomic E-state index is 4.46. The van der Waals surface area contributed by atoms with Crippen LogP contribution < -0.4 is 15.1 Å². The van der Waals surface area contributed by atoms with E-state index in [9.17, 15) is 0 Å². The van der Waals surface area contributed by atoms with Crippen LogP contribution in [0.3, 0.4) is 0 Å². The van der Waals surface area contributed by atoms with Crippen LogP contribution in [0.25, 0.3) is 0 Å². The number of rotatable bonds is 6. The van der Waals surface area contributed by atoms with Gasteiger partial charge in [-0.15, -0.1) is 0 Å². The second-order valence-corrected chi connectivity index (χ2v) is 3.98. The molecule has 0 spiro atoms. The summed E-state index contributed by atoms with van der Waals surface area (Å²) in [6.45, 7) is 6.11. The Morgan fingerprint density at radius 1 is 1.06 bits per heavy atom. The third-order valence-electron chi connectivity index (χ3n) is 2.39. The molecule has 0 fully saturated rings. The quantitative estimate of drug-likeness (QED) is 0.804. The maximum Gasteiger partial charge on any atom is 0.231 e. The molecule has 6 heteroatoms. The van der Waals surface area contributed by atoms with Gasteiger partial charge in [-0.2, -0.15) is 15.0 Å². The van der Waals surface area contributed by atoms with E-state index < -0.39 is 0 Å². The Morgan fingerprint density at radius 2 is 1.71 bits per heavy atom. The second-order valence-electron chi connectivity index (χ2n) is 3.98. The zero-order valence-corrected chi connectivity index (χ0v) is 11.4. The standard InChI is InChI=1S/C11H22N6/c1-6-8-17(7-2)11-14-9(12-3)13-10(15-11)16(4)5/h6-8H2,1-5H3,(H,12,13,14,15). The van der Waals surface area contributed by atoms with Gasteiger partial charge >= 0.3 is 0 Å². The molecular weight excluding hydrogens is 216 g/mol. The van der Waals surface area contributed by atoms with E-state index in [1.165, 1.54) is 0 Å². The number of nitrogens with one attached hydrogen (secondary N) is 1. The Bertz CT molecular complexity index is 352. The highest BCUT2D eigenvalue weighted by Crippen LogP contribution is 2.14. The van der Waals surface area contributed by atoms with Gasteiger partial charge in [-0.1, -0.05) is 6.92 Å². The van der Waals surface area contributed by atoms with Gasteiger partial charge in [0.1, 0.15) is 0 Å². The van der Waals surface area contributed by atoms with E-state index >= 15 is 0 Å². The Morgan fingerprint density at radius 3 is 2.18 bits per heavy atom. The van der Waals surface area contributed by atoms with Crippen LogP contribution in [0.15, 0.2) is 0 Å². The van der Waals surface area contributed by atoms with Crippen molar-refractivity contribution in [2.24, 2.45) is 0 Å². The fourth-order valence-electron chi connectivity index (χ4n) is 1.48. The number of hydrogen-bond acceptors (Lipinski definition) is 6. The number of anilines is 3. The van der Waals surface area contributed by atoms with Gasteiger partial charge in [-0.3, -0.25) is 0 Å². The molecule has 0 saturated carbocycles. The lowest BCUT2D eigenvalue weighted by Crippen LogP contribution is -2.27. The molecule has 0 amide bonds. The summed E-state index contributed by atoms with van der Waals surface area (Å²) in [5, 5.41) is 2.97. The molecule has 1 aromatic heterocycles. The van der Waals surface area contributed by atoms with Crippen LogP contribution in [0.5, 0.6) is 0 Å². The first-order valence-electron chi connectivity index (χ1n) is 5.98. The van der Waals surface area contributed by atoms with Crippen molar-refractivity contribution in [3.05, 3.63) is 0 Å². The SMILES string of the molecule is CCCN(CC)c1nc(NC)nc(N(C)C)n1. The summed E-state index contributed by atoms with van der Waals surface area (Å²) in [4.78, 5) is 17.2. The summed E-state index contributed by atoms with van der Waals surface area (Å²) in [7, 11) is 5.66. The highest BCUT2D eigenvalue weighted by Gasteiger charge is 2.11. The minimum Gasteiger partial charge on any atom is -0.357 e. The molecule has 17 heavy (non-hydrogen) atoms. The average molecular weight is 238 g/mol. The minimum absolute atomic E-state index is 0.605. The van der Waals surface area contributed by atoms with Crippen molar-refractivity contribution in [3.8, 4) is 0 Å². The molecule has 0 atom stereocenters. The Kier molecular flexibility index (Phi) is 4.93. The van der Waals surface area contributed by atoms with Crippen molar-refractivity contribution in [2.75, 3.05) is 49.3 Å². The molecule has 6 nitrogen and oxygen atoms in total. The van der Waals surface area contributed by atoms with Gasteiger partial charge in [-0.25, -0.2) is 0 Å². The first-order chi connectivity index (χ1) is 8.12. The van der Waals surface area contributed by atoms with Crippen molar-refractivity contribution in [3.63, 3.8) is 0 Å². The van der Waals surface area contributed by atoms with E-state index in [2.05, 4.69) is 39.0 Å². The van der Waals surface area contributed by atoms with E-state index in [0.29, 0.717) is 11.9 Å². The third-order valence-corrected chi connectivity index (χ3v) is 2.39. The van der Waals surface area contributed by atoms with Gasteiger partial charge < -0.3 is 15.1 Å². The molecule has 0 aliphatic heterocycles. The third kappa shape index (κ3) is 3.44. The van der Waals surface area contributed by atoms with Crippen LogP contribution in [0.4, 0.5) is 17.8 Å². The molecule has 0 saturated heterocycles. The Balaban J connectivity index is 3.08. The van der Waals surface area contributed by atoms with E-state index in [-0.39, 0.29) is 0 Å². The topological polar surface area (TPSA) is 57.2 Å². The van der Waals surface area contributed by atoms with E-state index in [4.69, 9.17) is 0 Å². The summed E-state index contributed by atoms with van der Waals surface area (Å²) < 4.78 is 0. The first-order valence-corrected chi connectivity index (χ1v) is 5.98. The highest BCUT2D eigenvalue weighted by atomic mass is 15.3. The zero-order chi connectivity index (χ0) is 12.8. The second kappa shape index (κ2) is 6.22. The van der Waals surface area contributed by atoms with E-state index in [0.717, 1.165) is 25.5 Å². The van der Waals surface area contributed by atoms with Crippen LogP contribution in [0, 0.1) is 0 Å². The predicted octanol–water partition coefficient (Wildman–Crippen LogP) is 1.22. The summed E-state index contributed by atoms with van der Waals surface area (Å²) in [5.41, 5.74) is 0. The van der Waals surface area contributed by atoms with Crippen molar-refractivity contribution < 1.29 is 0 Å². The average Bonchev–Trinajstić information content (AvgIpc) is 2.35.